The Morgan fingerprint density at radius 2 is 2.06 bits per heavy atom. The summed E-state index contributed by atoms with van der Waals surface area (Å²) in [6.45, 7) is 1.92. The van der Waals surface area contributed by atoms with Gasteiger partial charge in [-0.05, 0) is 25.8 Å². The Morgan fingerprint density at radius 3 is 2.71 bits per heavy atom. The van der Waals surface area contributed by atoms with Gasteiger partial charge in [0.25, 0.3) is 0 Å². The maximum absolute atomic E-state index is 7.43. The largest absolute Gasteiger partial charge is 0.382 e. The molecule has 0 spiro atoms. The molecule has 0 atom stereocenters. The molecule has 5 heteroatoms. The summed E-state index contributed by atoms with van der Waals surface area (Å²) in [7, 11) is 0. The Labute approximate surface area is 106 Å². The average molecular weight is 250 g/mol. The lowest BCUT2D eigenvalue weighted by atomic mass is 10.0. The Bertz CT molecular complexity index is 413. The van der Waals surface area contributed by atoms with Gasteiger partial charge in [-0.3, -0.25) is 5.41 Å². The third kappa shape index (κ3) is 3.43. The van der Waals surface area contributed by atoms with Crippen molar-refractivity contribution in [2.24, 2.45) is 5.73 Å². The topological polar surface area (TPSA) is 75.7 Å². The van der Waals surface area contributed by atoms with Gasteiger partial charge in [-0.2, -0.15) is 0 Å². The highest BCUT2D eigenvalue weighted by Crippen LogP contribution is 2.31. The molecule has 0 radical (unpaired) electrons. The standard InChI is InChI=1S/C12H18N4S/c1-8-7-10(11(13)14)16-12(15-8)17-9-5-3-2-4-6-9/h7,9H,2-6H2,1H3,(H3,13,14). The van der Waals surface area contributed by atoms with E-state index < -0.39 is 0 Å². The maximum atomic E-state index is 7.43. The zero-order chi connectivity index (χ0) is 12.3. The van der Waals surface area contributed by atoms with E-state index in [2.05, 4.69) is 9.97 Å². The van der Waals surface area contributed by atoms with Crippen LogP contribution in [0.3, 0.4) is 0 Å². The molecule has 1 fully saturated rings. The number of rotatable bonds is 3. The molecule has 0 aliphatic heterocycles. The van der Waals surface area contributed by atoms with Crippen molar-refractivity contribution in [3.05, 3.63) is 17.5 Å². The van der Waals surface area contributed by atoms with Crippen LogP contribution in [-0.2, 0) is 0 Å². The number of aromatic nitrogens is 2. The van der Waals surface area contributed by atoms with Gasteiger partial charge in [-0.15, -0.1) is 0 Å². The molecule has 1 saturated carbocycles. The molecule has 0 unspecified atom stereocenters. The molecule has 1 aliphatic rings. The van der Waals surface area contributed by atoms with Gasteiger partial charge in [0.05, 0.1) is 0 Å². The van der Waals surface area contributed by atoms with Gasteiger partial charge in [0, 0.05) is 10.9 Å². The quantitative estimate of drug-likeness (QED) is 0.491. The number of hydrogen-bond acceptors (Lipinski definition) is 4. The van der Waals surface area contributed by atoms with Crippen molar-refractivity contribution in [2.75, 3.05) is 0 Å². The third-order valence-electron chi connectivity index (χ3n) is 2.93. The fourth-order valence-electron chi connectivity index (χ4n) is 2.06. The molecular weight excluding hydrogens is 232 g/mol. The summed E-state index contributed by atoms with van der Waals surface area (Å²) in [5.74, 6) is 0.0148. The number of hydrogen-bond donors (Lipinski definition) is 2. The van der Waals surface area contributed by atoms with Crippen molar-refractivity contribution in [2.45, 2.75) is 49.4 Å². The minimum Gasteiger partial charge on any atom is -0.382 e. The second kappa shape index (κ2) is 5.49. The number of aryl methyl sites for hydroxylation is 1. The van der Waals surface area contributed by atoms with Gasteiger partial charge in [-0.25, -0.2) is 9.97 Å². The predicted octanol–water partition coefficient (Wildman–Crippen LogP) is 2.49. The number of nitrogen functional groups attached to an aromatic ring is 1. The fourth-order valence-corrected chi connectivity index (χ4v) is 3.28. The molecule has 2 rings (SSSR count). The smallest absolute Gasteiger partial charge is 0.188 e. The van der Waals surface area contributed by atoms with Crippen molar-refractivity contribution in [3.63, 3.8) is 0 Å². The summed E-state index contributed by atoms with van der Waals surface area (Å²) in [5.41, 5.74) is 6.88. The average Bonchev–Trinajstić information content (AvgIpc) is 2.29. The number of thioether (sulfide) groups is 1. The molecule has 4 nitrogen and oxygen atoms in total. The summed E-state index contributed by atoms with van der Waals surface area (Å²) in [4.78, 5) is 8.74. The highest BCUT2D eigenvalue weighted by Gasteiger charge is 2.16. The Kier molecular flexibility index (Phi) is 3.99. The Balaban J connectivity index is 2.11. The lowest BCUT2D eigenvalue weighted by Crippen LogP contribution is -2.15. The van der Waals surface area contributed by atoms with Crippen LogP contribution < -0.4 is 5.73 Å². The number of nitrogens with two attached hydrogens (primary N) is 1. The molecule has 1 aromatic rings. The Morgan fingerprint density at radius 1 is 1.35 bits per heavy atom. The first kappa shape index (κ1) is 12.4. The van der Waals surface area contributed by atoms with Crippen LogP contribution in [0.15, 0.2) is 11.2 Å². The van der Waals surface area contributed by atoms with Crippen LogP contribution in [0.2, 0.25) is 0 Å². The molecule has 92 valence electrons. The normalized spacial score (nSPS) is 17.0. The van der Waals surface area contributed by atoms with Crippen LogP contribution in [0.1, 0.15) is 43.5 Å². The molecule has 0 saturated heterocycles. The van der Waals surface area contributed by atoms with Gasteiger partial charge in [0.2, 0.25) is 0 Å². The lowest BCUT2D eigenvalue weighted by molar-refractivity contribution is 0.515. The summed E-state index contributed by atoms with van der Waals surface area (Å²) in [6.07, 6.45) is 6.46. The summed E-state index contributed by atoms with van der Waals surface area (Å²) < 4.78 is 0. The molecule has 1 aliphatic carbocycles. The van der Waals surface area contributed by atoms with Crippen molar-refractivity contribution >= 4 is 17.6 Å². The third-order valence-corrected chi connectivity index (χ3v) is 4.13. The highest BCUT2D eigenvalue weighted by molar-refractivity contribution is 7.99. The molecule has 3 N–H and O–H groups in total. The van der Waals surface area contributed by atoms with Gasteiger partial charge in [-0.1, -0.05) is 31.0 Å². The first-order chi connectivity index (χ1) is 8.15. The molecule has 1 aromatic heterocycles. The first-order valence-corrected chi connectivity index (χ1v) is 6.90. The van der Waals surface area contributed by atoms with Gasteiger partial charge < -0.3 is 5.73 Å². The van der Waals surface area contributed by atoms with E-state index in [0.717, 1.165) is 10.9 Å². The van der Waals surface area contributed by atoms with Gasteiger partial charge in [0.1, 0.15) is 11.5 Å². The minimum absolute atomic E-state index is 0.0148. The van der Waals surface area contributed by atoms with E-state index >= 15 is 0 Å². The second-order valence-electron chi connectivity index (χ2n) is 4.47. The van der Waals surface area contributed by atoms with Crippen molar-refractivity contribution < 1.29 is 0 Å². The zero-order valence-corrected chi connectivity index (χ0v) is 10.9. The predicted molar refractivity (Wildman–Crippen MR) is 70.5 cm³/mol. The van der Waals surface area contributed by atoms with Crippen LogP contribution in [0.25, 0.3) is 0 Å². The second-order valence-corrected chi connectivity index (χ2v) is 5.74. The van der Waals surface area contributed by atoms with Crippen molar-refractivity contribution in [1.82, 2.24) is 9.97 Å². The molecular formula is C12H18N4S. The van der Waals surface area contributed by atoms with Crippen LogP contribution in [0.4, 0.5) is 0 Å². The zero-order valence-electron chi connectivity index (χ0n) is 10.1. The van der Waals surface area contributed by atoms with E-state index in [9.17, 15) is 0 Å². The molecule has 17 heavy (non-hydrogen) atoms. The summed E-state index contributed by atoms with van der Waals surface area (Å²) in [6, 6.07) is 1.76. The van der Waals surface area contributed by atoms with Gasteiger partial charge in [0.15, 0.2) is 5.16 Å². The van der Waals surface area contributed by atoms with E-state index in [1.807, 2.05) is 6.92 Å². The van der Waals surface area contributed by atoms with Crippen molar-refractivity contribution in [3.8, 4) is 0 Å². The van der Waals surface area contributed by atoms with E-state index in [1.54, 1.807) is 17.8 Å². The SMILES string of the molecule is Cc1cc(C(=N)N)nc(SC2CCCCC2)n1. The van der Waals surface area contributed by atoms with E-state index in [4.69, 9.17) is 11.1 Å². The lowest BCUT2D eigenvalue weighted by Gasteiger charge is -2.20. The monoisotopic (exact) mass is 250 g/mol. The van der Waals surface area contributed by atoms with E-state index in [1.165, 1.54) is 32.1 Å². The minimum atomic E-state index is 0.0148. The Hall–Kier alpha value is -1.10. The fraction of sp³-hybridized carbons (Fsp3) is 0.583. The summed E-state index contributed by atoms with van der Waals surface area (Å²) >= 11 is 1.74. The van der Waals surface area contributed by atoms with Crippen LogP contribution in [0, 0.1) is 12.3 Å². The van der Waals surface area contributed by atoms with Crippen LogP contribution in [-0.4, -0.2) is 21.1 Å². The molecule has 1 heterocycles. The maximum Gasteiger partial charge on any atom is 0.188 e. The molecule has 0 bridgehead atoms. The first-order valence-electron chi connectivity index (χ1n) is 6.02. The van der Waals surface area contributed by atoms with Crippen LogP contribution in [0.5, 0.6) is 0 Å². The summed E-state index contributed by atoms with van der Waals surface area (Å²) in [5, 5.41) is 8.82. The van der Waals surface area contributed by atoms with Gasteiger partial charge >= 0.3 is 0 Å². The number of nitrogens with zero attached hydrogens (tertiary/aromatic N) is 2. The van der Waals surface area contributed by atoms with E-state index in [0.29, 0.717) is 10.9 Å². The highest BCUT2D eigenvalue weighted by atomic mass is 32.2. The number of nitrogens with one attached hydrogen (secondary N) is 1. The molecule has 0 amide bonds. The molecule has 0 aromatic carbocycles. The van der Waals surface area contributed by atoms with Crippen molar-refractivity contribution in [1.29, 1.82) is 5.41 Å². The number of amidine groups is 1. The van der Waals surface area contributed by atoms with Crippen LogP contribution >= 0.6 is 11.8 Å². The van der Waals surface area contributed by atoms with E-state index in [-0.39, 0.29) is 5.84 Å².